The highest BCUT2D eigenvalue weighted by molar-refractivity contribution is 5.37. The number of carbonyl (C=O) groups excluding carboxylic acids is 3. The molecular weight excluding hydrogens is 222 g/mol. The lowest BCUT2D eigenvalue weighted by Gasteiger charge is -1.93. The molecule has 98 valence electrons. The molecule has 0 amide bonds. The van der Waals surface area contributed by atoms with Crippen LogP contribution in [0.15, 0.2) is 0 Å². The molecule has 0 bridgehead atoms. The van der Waals surface area contributed by atoms with Gasteiger partial charge in [0, 0.05) is 0 Å². The molecule has 0 rings (SSSR count). The summed E-state index contributed by atoms with van der Waals surface area (Å²) in [5.74, 6) is 0. The molecule has 0 saturated heterocycles. The molecule has 0 radical (unpaired) electrons. The zero-order chi connectivity index (χ0) is 14.4. The standard InChI is InChI=1S/C8H18.3CNO/c1-3-5-7-8-6-4-2;3*2-1-3/h3-8H2,1-2H3;;;/q;3*-1. The van der Waals surface area contributed by atoms with Crippen molar-refractivity contribution in [1.29, 1.82) is 0 Å². The molecule has 0 aliphatic carbocycles. The molecule has 0 aliphatic rings. The van der Waals surface area contributed by atoms with Crippen molar-refractivity contribution in [3.63, 3.8) is 0 Å². The molecule has 0 aromatic heterocycles. The molecule has 6 heteroatoms. The van der Waals surface area contributed by atoms with Gasteiger partial charge in [-0.3, -0.25) is 14.4 Å². The summed E-state index contributed by atoms with van der Waals surface area (Å²) in [6, 6.07) is 0. The van der Waals surface area contributed by atoms with E-state index in [-0.39, 0.29) is 0 Å². The maximum Gasteiger partial charge on any atom is -0.0159 e. The Bertz CT molecular complexity index is 177. The Hall–Kier alpha value is -1.86. The number of hydrogen-bond donors (Lipinski definition) is 0. The third kappa shape index (κ3) is 211. The third-order valence-electron chi connectivity index (χ3n) is 1.46. The molecule has 17 heavy (non-hydrogen) atoms. The predicted octanol–water partition coefficient (Wildman–Crippen LogP) is 3.04. The van der Waals surface area contributed by atoms with Crippen LogP contribution in [0, 0.1) is 0 Å². The monoisotopic (exact) mass is 240 g/mol. The highest BCUT2D eigenvalue weighted by Crippen LogP contribution is 2.03. The van der Waals surface area contributed by atoms with Gasteiger partial charge in [0.2, 0.25) is 0 Å². The molecule has 0 aromatic carbocycles. The van der Waals surface area contributed by atoms with Crippen molar-refractivity contribution in [2.75, 3.05) is 0 Å². The van der Waals surface area contributed by atoms with Crippen LogP contribution in [-0.2, 0) is 14.4 Å². The Balaban J connectivity index is -0.0000000784. The fourth-order valence-electron chi connectivity index (χ4n) is 0.854. The van der Waals surface area contributed by atoms with Gasteiger partial charge in [-0.25, -0.2) is 0 Å². The quantitative estimate of drug-likeness (QED) is 0.417. The van der Waals surface area contributed by atoms with Crippen molar-refractivity contribution < 1.29 is 14.4 Å². The maximum atomic E-state index is 8.24. The van der Waals surface area contributed by atoms with E-state index >= 15 is 0 Å². The number of nitrogens with zero attached hydrogens (tertiary/aromatic N) is 3. The van der Waals surface area contributed by atoms with Gasteiger partial charge in [-0.2, -0.15) is 0 Å². The molecule has 0 atom stereocenters. The molecule has 0 spiro atoms. The molecule has 0 fully saturated rings. The highest BCUT2D eigenvalue weighted by Gasteiger charge is 1.83. The first-order chi connectivity index (χ1) is 8.16. The van der Waals surface area contributed by atoms with Crippen LogP contribution < -0.4 is 0 Å². The molecular formula is C11H18N3O3-3. The lowest BCUT2D eigenvalue weighted by atomic mass is 10.1. The Morgan fingerprint density at radius 2 is 0.824 bits per heavy atom. The maximum absolute atomic E-state index is 8.24. The van der Waals surface area contributed by atoms with Crippen LogP contribution in [0.4, 0.5) is 0 Å². The Morgan fingerprint density at radius 3 is 0.941 bits per heavy atom. The van der Waals surface area contributed by atoms with Crippen molar-refractivity contribution in [3.8, 4) is 0 Å². The summed E-state index contributed by atoms with van der Waals surface area (Å²) in [6.07, 6.45) is 9.99. The first-order valence-corrected chi connectivity index (χ1v) is 5.20. The van der Waals surface area contributed by atoms with Crippen LogP contribution in [0.25, 0.3) is 16.2 Å². The van der Waals surface area contributed by atoms with Crippen molar-refractivity contribution in [1.82, 2.24) is 0 Å². The summed E-state index contributed by atoms with van der Waals surface area (Å²) in [7, 11) is 0. The van der Waals surface area contributed by atoms with Crippen LogP contribution in [-0.4, -0.2) is 18.2 Å². The molecule has 0 aromatic rings. The second-order valence-electron chi connectivity index (χ2n) is 2.69. The van der Waals surface area contributed by atoms with Gasteiger partial charge < -0.3 is 16.2 Å². The summed E-state index contributed by atoms with van der Waals surface area (Å²) in [5, 5.41) is 20.3. The number of unbranched alkanes of at least 4 members (excludes halogenated alkanes) is 5. The predicted molar refractivity (Wildman–Crippen MR) is 66.2 cm³/mol. The number of rotatable bonds is 5. The van der Waals surface area contributed by atoms with Gasteiger partial charge in [0.05, 0.1) is 0 Å². The number of hydrogen-bond acceptors (Lipinski definition) is 3. The average Bonchev–Trinajstić information content (AvgIpc) is 2.28. The van der Waals surface area contributed by atoms with Gasteiger partial charge in [-0.05, 0) is 18.2 Å². The van der Waals surface area contributed by atoms with Crippen molar-refractivity contribution in [3.05, 3.63) is 16.2 Å². The topological polar surface area (TPSA) is 118 Å². The van der Waals surface area contributed by atoms with Gasteiger partial charge >= 0.3 is 0 Å². The van der Waals surface area contributed by atoms with Crippen molar-refractivity contribution >= 4 is 18.2 Å². The lowest BCUT2D eigenvalue weighted by molar-refractivity contribution is 0.568. The summed E-state index contributed by atoms with van der Waals surface area (Å²) in [6.45, 7) is 4.51. The first kappa shape index (κ1) is 24.4. The summed E-state index contributed by atoms with van der Waals surface area (Å²) < 4.78 is 0. The van der Waals surface area contributed by atoms with Gasteiger partial charge in [-0.1, -0.05) is 52.4 Å². The molecule has 0 N–H and O–H groups in total. The zero-order valence-electron chi connectivity index (χ0n) is 10.3. The minimum atomic E-state index is 0.500. The fraction of sp³-hybridized carbons (Fsp3) is 0.727. The van der Waals surface area contributed by atoms with Crippen LogP contribution in [0.2, 0.25) is 0 Å². The molecule has 6 nitrogen and oxygen atoms in total. The van der Waals surface area contributed by atoms with Gasteiger partial charge in [0.25, 0.3) is 0 Å². The summed E-state index contributed by atoms with van der Waals surface area (Å²) >= 11 is 0. The summed E-state index contributed by atoms with van der Waals surface area (Å²) in [4.78, 5) is 24.7. The lowest BCUT2D eigenvalue weighted by Crippen LogP contribution is -1.73. The van der Waals surface area contributed by atoms with Gasteiger partial charge in [0.15, 0.2) is 0 Å². The Morgan fingerprint density at radius 1 is 0.647 bits per heavy atom. The Kier molecular flexibility index (Phi) is 68.7. The van der Waals surface area contributed by atoms with E-state index in [1.54, 1.807) is 0 Å². The second kappa shape index (κ2) is 47.9. The minimum absolute atomic E-state index is 0.500. The van der Waals surface area contributed by atoms with E-state index < -0.39 is 0 Å². The van der Waals surface area contributed by atoms with Crippen molar-refractivity contribution in [2.24, 2.45) is 0 Å². The normalized spacial score (nSPS) is 6.00. The molecule has 0 saturated carbocycles. The molecule has 0 aliphatic heterocycles. The number of isocyanates is 3. The molecule has 0 unspecified atom stereocenters. The third-order valence-corrected chi connectivity index (χ3v) is 1.46. The fourth-order valence-corrected chi connectivity index (χ4v) is 0.854. The van der Waals surface area contributed by atoms with Crippen LogP contribution in [0.5, 0.6) is 0 Å². The Labute approximate surface area is 102 Å². The van der Waals surface area contributed by atoms with E-state index in [9.17, 15) is 0 Å². The first-order valence-electron chi connectivity index (χ1n) is 5.20. The van der Waals surface area contributed by atoms with E-state index in [1.807, 2.05) is 0 Å². The smallest absolute Gasteiger partial charge is 0.0159 e. The van der Waals surface area contributed by atoms with Gasteiger partial charge in [-0.15, -0.1) is 0 Å². The van der Waals surface area contributed by atoms with Gasteiger partial charge in [0.1, 0.15) is 0 Å². The van der Waals surface area contributed by atoms with Crippen molar-refractivity contribution in [2.45, 2.75) is 52.4 Å². The minimum Gasteiger partial charge on any atom is -0.724 e. The van der Waals surface area contributed by atoms with E-state index in [0.29, 0.717) is 18.2 Å². The SMILES string of the molecule is CCCCCCCC.[N-]=C=O.[N-]=C=O.[N-]=C=O. The summed E-state index contributed by atoms with van der Waals surface area (Å²) in [5.41, 5.74) is 0. The second-order valence-corrected chi connectivity index (χ2v) is 2.69. The average molecular weight is 240 g/mol. The van der Waals surface area contributed by atoms with E-state index in [1.165, 1.54) is 38.5 Å². The van der Waals surface area contributed by atoms with Crippen LogP contribution in [0.1, 0.15) is 52.4 Å². The largest absolute Gasteiger partial charge is 0.724 e. The van der Waals surface area contributed by atoms with E-state index in [4.69, 9.17) is 30.6 Å². The van der Waals surface area contributed by atoms with Crippen LogP contribution >= 0.6 is 0 Å². The highest BCUT2D eigenvalue weighted by atomic mass is 16.1. The molecule has 0 heterocycles. The van der Waals surface area contributed by atoms with Crippen LogP contribution in [0.3, 0.4) is 0 Å². The van der Waals surface area contributed by atoms with E-state index in [2.05, 4.69) is 13.8 Å². The van der Waals surface area contributed by atoms with E-state index in [0.717, 1.165) is 0 Å². The zero-order valence-corrected chi connectivity index (χ0v) is 10.3.